The Morgan fingerprint density at radius 3 is 2.60 bits per heavy atom. The Kier molecular flexibility index (Phi) is 3.19. The third kappa shape index (κ3) is 3.53. The highest BCUT2D eigenvalue weighted by molar-refractivity contribution is 6.25. The number of carbonyl (C=O) groups excluding carboxylic acids is 1. The molecule has 0 aliphatic heterocycles. The zero-order chi connectivity index (χ0) is 4.12. The summed E-state index contributed by atoms with van der Waals surface area (Å²) in [5.41, 5.74) is 0. The van der Waals surface area contributed by atoms with Gasteiger partial charge in [-0.15, -0.1) is 0 Å². The van der Waals surface area contributed by atoms with Crippen LogP contribution in [-0.4, -0.2) is 16.1 Å². The van der Waals surface area contributed by atoms with Crippen LogP contribution in [-0.2, 0) is 4.79 Å². The van der Waals surface area contributed by atoms with Gasteiger partial charge < -0.3 is 0 Å². The van der Waals surface area contributed by atoms with Crippen LogP contribution in [0.3, 0.4) is 0 Å². The first-order valence-electron chi connectivity index (χ1n) is 1.01. The standard InChI is InChI=1S/CH2FNOSi/c2-5-3-1-4/h5H2. The van der Waals surface area contributed by atoms with Crippen LogP contribution >= 0.6 is 0 Å². The van der Waals surface area contributed by atoms with Crippen molar-refractivity contribution in [2.45, 2.75) is 0 Å². The van der Waals surface area contributed by atoms with E-state index in [9.17, 15) is 4.11 Å². The van der Waals surface area contributed by atoms with E-state index in [0.29, 0.717) is 0 Å². The van der Waals surface area contributed by atoms with E-state index in [1.165, 1.54) is 0 Å². The van der Waals surface area contributed by atoms with Crippen LogP contribution in [0.15, 0.2) is 4.66 Å². The van der Waals surface area contributed by atoms with Gasteiger partial charge >= 0.3 is 10.0 Å². The molecule has 0 amide bonds. The summed E-state index contributed by atoms with van der Waals surface area (Å²) in [5, 5.41) is 0. The van der Waals surface area contributed by atoms with Crippen LogP contribution in [0.5, 0.6) is 0 Å². The fraction of sp³-hybridized carbons (Fsp3) is 0. The average Bonchev–Trinajstić information content (AvgIpc) is 1.41. The number of rotatable bonds is 1. The smallest absolute Gasteiger partial charge is 0.291 e. The topological polar surface area (TPSA) is 29.4 Å². The van der Waals surface area contributed by atoms with Crippen LogP contribution in [0.4, 0.5) is 4.11 Å². The third-order valence-corrected chi connectivity index (χ3v) is 0.373. The van der Waals surface area contributed by atoms with Crippen molar-refractivity contribution < 1.29 is 8.90 Å². The van der Waals surface area contributed by atoms with E-state index in [2.05, 4.69) is 4.66 Å². The maximum atomic E-state index is 10.7. The van der Waals surface area contributed by atoms with E-state index in [-0.39, 0.29) is 0 Å². The van der Waals surface area contributed by atoms with Crippen molar-refractivity contribution in [3.63, 3.8) is 0 Å². The van der Waals surface area contributed by atoms with Crippen molar-refractivity contribution in [2.24, 2.45) is 4.66 Å². The zero-order valence-electron chi connectivity index (χ0n) is 2.44. The minimum atomic E-state index is -1.88. The van der Waals surface area contributed by atoms with Crippen molar-refractivity contribution >= 4 is 16.1 Å². The molecule has 0 bridgehead atoms. The second-order valence-electron chi connectivity index (χ2n) is 0.369. The fourth-order valence-corrected chi connectivity index (χ4v) is 0.0732. The van der Waals surface area contributed by atoms with Crippen molar-refractivity contribution in [3.8, 4) is 0 Å². The van der Waals surface area contributed by atoms with Gasteiger partial charge in [-0.2, -0.15) is 0 Å². The van der Waals surface area contributed by atoms with Gasteiger partial charge in [-0.1, -0.05) is 0 Å². The van der Waals surface area contributed by atoms with Crippen LogP contribution in [0.25, 0.3) is 0 Å². The third-order valence-electron chi connectivity index (χ3n) is 0.124. The second kappa shape index (κ2) is 3.53. The molecule has 0 aromatic heterocycles. The molecular weight excluding hydrogens is 89.1 g/mol. The van der Waals surface area contributed by atoms with Gasteiger partial charge in [-0.3, -0.25) is 4.11 Å². The first-order valence-corrected chi connectivity index (χ1v) is 2.18. The van der Waals surface area contributed by atoms with Crippen LogP contribution < -0.4 is 0 Å². The molecule has 0 N–H and O–H groups in total. The summed E-state index contributed by atoms with van der Waals surface area (Å²) in [6.07, 6.45) is 1.08. The Bertz CT molecular complexity index is 58.7. The molecule has 28 valence electrons. The predicted molar refractivity (Wildman–Crippen MR) is 17.8 cm³/mol. The summed E-state index contributed by atoms with van der Waals surface area (Å²) in [4.78, 5) is 8.91. The summed E-state index contributed by atoms with van der Waals surface area (Å²) in [6.45, 7) is 0. The lowest BCUT2D eigenvalue weighted by Crippen LogP contribution is -1.63. The van der Waals surface area contributed by atoms with E-state index in [1.807, 2.05) is 0 Å². The molecule has 0 aromatic rings. The van der Waals surface area contributed by atoms with Crippen molar-refractivity contribution in [1.82, 2.24) is 0 Å². The molecule has 0 saturated carbocycles. The molecule has 0 aliphatic carbocycles. The van der Waals surface area contributed by atoms with Gasteiger partial charge in [0.1, 0.15) is 0 Å². The van der Waals surface area contributed by atoms with E-state index >= 15 is 0 Å². The highest BCUT2D eigenvalue weighted by Gasteiger charge is 1.61. The molecule has 0 spiro atoms. The van der Waals surface area contributed by atoms with E-state index in [1.54, 1.807) is 0 Å². The van der Waals surface area contributed by atoms with Crippen LogP contribution in [0.2, 0.25) is 0 Å². The molecule has 0 radical (unpaired) electrons. The second-order valence-corrected chi connectivity index (χ2v) is 0.924. The van der Waals surface area contributed by atoms with Crippen molar-refractivity contribution in [3.05, 3.63) is 0 Å². The minimum Gasteiger partial charge on any atom is -0.291 e. The van der Waals surface area contributed by atoms with Gasteiger partial charge in [0.25, 0.3) is 0 Å². The fourth-order valence-electron chi connectivity index (χ4n) is 0.0244. The maximum absolute atomic E-state index is 10.7. The molecule has 0 aromatic carbocycles. The largest absolute Gasteiger partial charge is 0.350 e. The Hall–Kier alpha value is -0.473. The van der Waals surface area contributed by atoms with E-state index in [4.69, 9.17) is 4.79 Å². The minimum absolute atomic E-state index is 1.08. The van der Waals surface area contributed by atoms with Gasteiger partial charge in [0.2, 0.25) is 6.08 Å². The molecule has 0 heterocycles. The van der Waals surface area contributed by atoms with Gasteiger partial charge in [0.15, 0.2) is 0 Å². The normalized spacial score (nSPS) is 8.20. The molecule has 0 atom stereocenters. The number of nitrogens with zero attached hydrogens (tertiary/aromatic N) is 1. The monoisotopic (exact) mass is 91.0 g/mol. The van der Waals surface area contributed by atoms with Gasteiger partial charge in [-0.05, 0) is 0 Å². The van der Waals surface area contributed by atoms with E-state index < -0.39 is 10.0 Å². The molecule has 0 unspecified atom stereocenters. The summed E-state index contributed by atoms with van der Waals surface area (Å²) in [6, 6.07) is 0. The summed E-state index contributed by atoms with van der Waals surface area (Å²) in [7, 11) is -1.88. The molecule has 0 fully saturated rings. The molecule has 5 heavy (non-hydrogen) atoms. The maximum Gasteiger partial charge on any atom is 0.350 e. The lowest BCUT2D eigenvalue weighted by atomic mass is 11.7. The zero-order valence-corrected chi connectivity index (χ0v) is 3.85. The first-order chi connectivity index (χ1) is 2.41. The van der Waals surface area contributed by atoms with Gasteiger partial charge in [0, 0.05) is 0 Å². The Morgan fingerprint density at radius 1 is 2.00 bits per heavy atom. The number of hydrogen-bond acceptors (Lipinski definition) is 2. The summed E-state index contributed by atoms with van der Waals surface area (Å²) in [5.74, 6) is 0. The van der Waals surface area contributed by atoms with Gasteiger partial charge in [-0.25, -0.2) is 9.45 Å². The lowest BCUT2D eigenvalue weighted by Gasteiger charge is -1.52. The van der Waals surface area contributed by atoms with Gasteiger partial charge in [0.05, 0.1) is 0 Å². The Labute approximate surface area is 30.8 Å². The SMILES string of the molecule is O=C=N[SiH2]F. The average molecular weight is 91.1 g/mol. The molecular formula is CH2FNOSi. The molecule has 0 rings (SSSR count). The first kappa shape index (κ1) is 4.53. The Balaban J connectivity index is 2.93. The van der Waals surface area contributed by atoms with Crippen LogP contribution in [0, 0.1) is 0 Å². The number of hydrogen-bond donors (Lipinski definition) is 0. The molecule has 2 nitrogen and oxygen atoms in total. The van der Waals surface area contributed by atoms with Crippen LogP contribution in [0.1, 0.15) is 0 Å². The van der Waals surface area contributed by atoms with Crippen molar-refractivity contribution in [1.29, 1.82) is 0 Å². The predicted octanol–water partition coefficient (Wildman–Crippen LogP) is -0.710. The highest BCUT2D eigenvalue weighted by Crippen LogP contribution is 1.52. The highest BCUT2D eigenvalue weighted by atomic mass is 28.3. The number of isocyanates is 1. The number of halogens is 1. The van der Waals surface area contributed by atoms with Crippen molar-refractivity contribution in [2.75, 3.05) is 0 Å². The molecule has 0 aliphatic rings. The summed E-state index contributed by atoms with van der Waals surface area (Å²) >= 11 is 0. The Morgan fingerprint density at radius 2 is 2.60 bits per heavy atom. The quantitative estimate of drug-likeness (QED) is 0.181. The summed E-state index contributed by atoms with van der Waals surface area (Å²) < 4.78 is 13.3. The molecule has 0 saturated heterocycles. The van der Waals surface area contributed by atoms with E-state index in [0.717, 1.165) is 6.08 Å². The lowest BCUT2D eigenvalue weighted by molar-refractivity contribution is 0.565. The molecule has 4 heteroatoms.